The second-order valence-corrected chi connectivity index (χ2v) is 9.49. The zero-order valence-electron chi connectivity index (χ0n) is 20.1. The van der Waals surface area contributed by atoms with Gasteiger partial charge < -0.3 is 15.0 Å². The van der Waals surface area contributed by atoms with E-state index in [4.69, 9.17) is 16.3 Å². The molecule has 0 radical (unpaired) electrons. The lowest BCUT2D eigenvalue weighted by molar-refractivity contribution is -0.125. The minimum Gasteiger partial charge on any atom is -0.489 e. The molecule has 7 heteroatoms. The normalized spacial score (nSPS) is 15.1. The summed E-state index contributed by atoms with van der Waals surface area (Å²) >= 11 is 6.29. The van der Waals surface area contributed by atoms with Crippen LogP contribution in [-0.4, -0.2) is 48.7 Å². The topological polar surface area (TPSA) is 75.7 Å². The van der Waals surface area contributed by atoms with E-state index < -0.39 is 5.92 Å². The summed E-state index contributed by atoms with van der Waals surface area (Å²) in [5.74, 6) is 0.168. The predicted molar refractivity (Wildman–Crippen MR) is 133 cm³/mol. The number of likely N-dealkylation sites (tertiary alicyclic amines) is 1. The summed E-state index contributed by atoms with van der Waals surface area (Å²) in [6.07, 6.45) is 2.33. The summed E-state index contributed by atoms with van der Waals surface area (Å²) in [6.45, 7) is 5.12. The highest BCUT2D eigenvalue weighted by molar-refractivity contribution is 6.32. The maximum Gasteiger partial charge on any atom is 0.253 e. The van der Waals surface area contributed by atoms with Gasteiger partial charge in [0.2, 0.25) is 5.91 Å². The molecule has 1 aliphatic heterocycles. The van der Waals surface area contributed by atoms with Crippen molar-refractivity contribution in [1.82, 2.24) is 10.2 Å². The molecule has 1 atom stereocenters. The monoisotopic (exact) mass is 484 g/mol. The van der Waals surface area contributed by atoms with Crippen LogP contribution >= 0.6 is 11.6 Å². The van der Waals surface area contributed by atoms with Crippen molar-refractivity contribution in [2.75, 3.05) is 20.1 Å². The van der Waals surface area contributed by atoms with Gasteiger partial charge in [0.25, 0.3) is 5.91 Å². The molecule has 1 N–H and O–H groups in total. The van der Waals surface area contributed by atoms with E-state index in [9.17, 15) is 14.4 Å². The number of hydrogen-bond acceptors (Lipinski definition) is 4. The molecule has 0 saturated carbocycles. The lowest BCUT2D eigenvalue weighted by Crippen LogP contribution is -2.40. The molecule has 2 aromatic rings. The first-order valence-electron chi connectivity index (χ1n) is 11.8. The van der Waals surface area contributed by atoms with E-state index >= 15 is 0 Å². The van der Waals surface area contributed by atoms with Crippen molar-refractivity contribution in [1.29, 1.82) is 0 Å². The van der Waals surface area contributed by atoms with E-state index in [1.54, 1.807) is 25.2 Å². The Bertz CT molecular complexity index is 1000. The molecule has 3 rings (SSSR count). The first-order chi connectivity index (χ1) is 16.3. The Balaban J connectivity index is 1.59. The van der Waals surface area contributed by atoms with Gasteiger partial charge in [0, 0.05) is 43.6 Å². The first-order valence-corrected chi connectivity index (χ1v) is 12.2. The molecule has 1 aliphatic rings. The van der Waals surface area contributed by atoms with Gasteiger partial charge in [-0.2, -0.15) is 0 Å². The van der Waals surface area contributed by atoms with E-state index in [0.29, 0.717) is 41.4 Å². The molecular weight excluding hydrogens is 452 g/mol. The van der Waals surface area contributed by atoms with Gasteiger partial charge in [-0.25, -0.2) is 0 Å². The number of ketones is 1. The Kier molecular flexibility index (Phi) is 9.11. The number of halogens is 1. The molecule has 0 unspecified atom stereocenters. The quantitative estimate of drug-likeness (QED) is 0.508. The van der Waals surface area contributed by atoms with Gasteiger partial charge in [-0.3, -0.25) is 14.4 Å². The van der Waals surface area contributed by atoms with Crippen LogP contribution in [0, 0.1) is 11.8 Å². The van der Waals surface area contributed by atoms with E-state index in [1.807, 2.05) is 49.1 Å². The summed E-state index contributed by atoms with van der Waals surface area (Å²) < 4.78 is 5.64. The Morgan fingerprint density at radius 3 is 2.32 bits per heavy atom. The molecule has 0 aromatic heterocycles. The fraction of sp³-hybridized carbons (Fsp3) is 0.444. The average Bonchev–Trinajstić information content (AvgIpc) is 2.84. The standard InChI is InChI=1S/C27H33ClN2O4/c1-18(2)34-25-10-9-21(16-23(25)28)24(31)17-22(26(32)29-3)15-19-11-13-30(14-12-19)27(33)20-7-5-4-6-8-20/h4-10,16,18-19,22H,11-15,17H2,1-3H3,(H,29,32)/t22-/m1/s1. The van der Waals surface area contributed by atoms with Gasteiger partial charge in [0.1, 0.15) is 5.75 Å². The second kappa shape index (κ2) is 12.0. The first kappa shape index (κ1) is 25.8. The predicted octanol–water partition coefficient (Wildman–Crippen LogP) is 5.00. The van der Waals surface area contributed by atoms with E-state index in [0.717, 1.165) is 12.8 Å². The third kappa shape index (κ3) is 6.83. The van der Waals surface area contributed by atoms with E-state index in [1.165, 1.54) is 0 Å². The van der Waals surface area contributed by atoms with Crippen molar-refractivity contribution in [3.63, 3.8) is 0 Å². The van der Waals surface area contributed by atoms with Crippen LogP contribution in [0.5, 0.6) is 5.75 Å². The van der Waals surface area contributed by atoms with E-state index in [-0.39, 0.29) is 36.0 Å². The van der Waals surface area contributed by atoms with Crippen molar-refractivity contribution in [3.05, 3.63) is 64.7 Å². The Hall–Kier alpha value is -2.86. The molecule has 6 nitrogen and oxygen atoms in total. The third-order valence-corrected chi connectivity index (χ3v) is 6.50. The second-order valence-electron chi connectivity index (χ2n) is 9.09. The molecule has 34 heavy (non-hydrogen) atoms. The maximum atomic E-state index is 13.0. The molecule has 0 aliphatic carbocycles. The van der Waals surface area contributed by atoms with Crippen LogP contribution in [0.25, 0.3) is 0 Å². The number of hydrogen-bond donors (Lipinski definition) is 1. The largest absolute Gasteiger partial charge is 0.489 e. The van der Waals surface area contributed by atoms with Gasteiger partial charge in [0.15, 0.2) is 5.78 Å². The summed E-state index contributed by atoms with van der Waals surface area (Å²) in [5, 5.41) is 3.08. The SMILES string of the molecule is CNC(=O)[C@@H](CC(=O)c1ccc(OC(C)C)c(Cl)c1)CC1CCN(C(=O)c2ccccc2)CC1. The molecule has 2 amide bonds. The number of rotatable bonds is 9. The number of carbonyl (C=O) groups is 3. The molecular formula is C27H33ClN2O4. The van der Waals surface area contributed by atoms with Gasteiger partial charge in [-0.05, 0) is 69.4 Å². The summed E-state index contributed by atoms with van der Waals surface area (Å²) in [5.41, 5.74) is 1.16. The zero-order chi connectivity index (χ0) is 24.7. The fourth-order valence-corrected chi connectivity index (χ4v) is 4.62. The highest BCUT2D eigenvalue weighted by atomic mass is 35.5. The van der Waals surface area contributed by atoms with Crippen LogP contribution in [0.3, 0.4) is 0 Å². The van der Waals surface area contributed by atoms with Crippen molar-refractivity contribution < 1.29 is 19.1 Å². The number of Topliss-reactive ketones (excluding diaryl/α,β-unsaturated/α-hetero) is 1. The van der Waals surface area contributed by atoms with Crippen LogP contribution < -0.4 is 10.1 Å². The lowest BCUT2D eigenvalue weighted by Gasteiger charge is -2.33. The van der Waals surface area contributed by atoms with Crippen LogP contribution in [-0.2, 0) is 4.79 Å². The number of ether oxygens (including phenoxy) is 1. The zero-order valence-corrected chi connectivity index (χ0v) is 20.8. The van der Waals surface area contributed by atoms with Gasteiger partial charge in [0.05, 0.1) is 11.1 Å². The van der Waals surface area contributed by atoms with Gasteiger partial charge >= 0.3 is 0 Å². The summed E-state index contributed by atoms with van der Waals surface area (Å²) in [7, 11) is 1.59. The molecule has 1 fully saturated rings. The smallest absolute Gasteiger partial charge is 0.253 e. The molecule has 0 bridgehead atoms. The van der Waals surface area contributed by atoms with Gasteiger partial charge in [-0.1, -0.05) is 29.8 Å². The Morgan fingerprint density at radius 1 is 1.06 bits per heavy atom. The van der Waals surface area contributed by atoms with Crippen LogP contribution in [0.2, 0.25) is 5.02 Å². The minimum atomic E-state index is -0.427. The molecule has 1 saturated heterocycles. The summed E-state index contributed by atoms with van der Waals surface area (Å²) in [4.78, 5) is 40.1. The van der Waals surface area contributed by atoms with Crippen molar-refractivity contribution in [2.45, 2.75) is 45.6 Å². The van der Waals surface area contributed by atoms with Gasteiger partial charge in [-0.15, -0.1) is 0 Å². The van der Waals surface area contributed by atoms with Crippen molar-refractivity contribution in [3.8, 4) is 5.75 Å². The van der Waals surface area contributed by atoms with Crippen LogP contribution in [0.4, 0.5) is 0 Å². The van der Waals surface area contributed by atoms with Crippen molar-refractivity contribution >= 4 is 29.2 Å². The lowest BCUT2D eigenvalue weighted by atomic mass is 9.83. The van der Waals surface area contributed by atoms with E-state index in [2.05, 4.69) is 5.32 Å². The number of benzene rings is 2. The number of nitrogens with zero attached hydrogens (tertiary/aromatic N) is 1. The average molecular weight is 485 g/mol. The minimum absolute atomic E-state index is 0.0221. The van der Waals surface area contributed by atoms with Crippen LogP contribution in [0.1, 0.15) is 60.2 Å². The third-order valence-electron chi connectivity index (χ3n) is 6.21. The number of amides is 2. The van der Waals surface area contributed by atoms with Crippen molar-refractivity contribution in [2.24, 2.45) is 11.8 Å². The Labute approximate surface area is 206 Å². The van der Waals surface area contributed by atoms with Crippen LogP contribution in [0.15, 0.2) is 48.5 Å². The summed E-state index contributed by atoms with van der Waals surface area (Å²) in [6, 6.07) is 14.3. The molecule has 1 heterocycles. The number of piperidine rings is 1. The maximum absolute atomic E-state index is 13.0. The number of nitrogens with one attached hydrogen (secondary N) is 1. The molecule has 182 valence electrons. The molecule has 2 aromatic carbocycles. The highest BCUT2D eigenvalue weighted by Crippen LogP contribution is 2.30. The molecule has 0 spiro atoms. The highest BCUT2D eigenvalue weighted by Gasteiger charge is 2.29. The fourth-order valence-electron chi connectivity index (χ4n) is 4.39. The Morgan fingerprint density at radius 2 is 1.74 bits per heavy atom. The number of carbonyl (C=O) groups excluding carboxylic acids is 3.